The Morgan fingerprint density at radius 1 is 1.56 bits per heavy atom. The second-order valence-corrected chi connectivity index (χ2v) is 4.65. The Labute approximate surface area is 106 Å². The highest BCUT2D eigenvalue weighted by Gasteiger charge is 2.17. The number of amides is 1. The van der Waals surface area contributed by atoms with Crippen molar-refractivity contribution in [2.24, 2.45) is 11.6 Å². The minimum atomic E-state index is -0.325. The molecule has 6 heteroatoms. The van der Waals surface area contributed by atoms with Gasteiger partial charge in [-0.3, -0.25) is 20.1 Å². The molecule has 1 aliphatic rings. The average molecular weight is 249 g/mol. The highest BCUT2D eigenvalue weighted by atomic mass is 16.2. The molecule has 1 aromatic rings. The van der Waals surface area contributed by atoms with Gasteiger partial charge in [0.25, 0.3) is 5.91 Å². The maximum absolute atomic E-state index is 11.3. The lowest BCUT2D eigenvalue weighted by molar-refractivity contribution is 0.0953. The molecule has 1 atom stereocenters. The van der Waals surface area contributed by atoms with E-state index in [-0.39, 0.29) is 11.9 Å². The van der Waals surface area contributed by atoms with Gasteiger partial charge in [0.2, 0.25) is 0 Å². The highest BCUT2D eigenvalue weighted by Crippen LogP contribution is 2.11. The number of likely N-dealkylation sites (tertiary alicyclic amines) is 1. The van der Waals surface area contributed by atoms with Crippen molar-refractivity contribution >= 4 is 5.91 Å². The van der Waals surface area contributed by atoms with E-state index in [0.717, 1.165) is 38.2 Å². The lowest BCUT2D eigenvalue weighted by Crippen LogP contribution is -2.42. The molecule has 6 nitrogen and oxygen atoms in total. The summed E-state index contributed by atoms with van der Waals surface area (Å²) in [6.45, 7) is 2.74. The van der Waals surface area contributed by atoms with Crippen LogP contribution in [0.25, 0.3) is 0 Å². The molecule has 1 fully saturated rings. The summed E-state index contributed by atoms with van der Waals surface area (Å²) in [5, 5.41) is 0. The van der Waals surface area contributed by atoms with Gasteiger partial charge in [-0.1, -0.05) is 0 Å². The van der Waals surface area contributed by atoms with Crippen molar-refractivity contribution in [1.82, 2.24) is 15.3 Å². The zero-order chi connectivity index (χ0) is 13.0. The molecule has 1 amide bonds. The Kier molecular flexibility index (Phi) is 4.24. The summed E-state index contributed by atoms with van der Waals surface area (Å²) in [5.41, 5.74) is 9.43. The summed E-state index contributed by atoms with van der Waals surface area (Å²) < 4.78 is 0. The first-order valence-corrected chi connectivity index (χ1v) is 6.13. The molecule has 18 heavy (non-hydrogen) atoms. The SMILES string of the molecule is NNC(=O)c1ccc(CN2CCCC(N)C2)nc1. The summed E-state index contributed by atoms with van der Waals surface area (Å²) >= 11 is 0. The van der Waals surface area contributed by atoms with Crippen molar-refractivity contribution in [3.05, 3.63) is 29.6 Å². The number of nitrogens with two attached hydrogens (primary N) is 2. The lowest BCUT2D eigenvalue weighted by Gasteiger charge is -2.30. The van der Waals surface area contributed by atoms with Crippen molar-refractivity contribution in [1.29, 1.82) is 0 Å². The third-order valence-electron chi connectivity index (χ3n) is 3.15. The second kappa shape index (κ2) is 5.90. The van der Waals surface area contributed by atoms with Crippen LogP contribution in [-0.4, -0.2) is 34.9 Å². The maximum atomic E-state index is 11.3. The molecular weight excluding hydrogens is 230 g/mol. The normalized spacial score (nSPS) is 20.7. The van der Waals surface area contributed by atoms with Crippen LogP contribution in [0.2, 0.25) is 0 Å². The number of pyridine rings is 1. The minimum absolute atomic E-state index is 0.265. The van der Waals surface area contributed by atoms with Gasteiger partial charge in [-0.05, 0) is 31.5 Å². The van der Waals surface area contributed by atoms with Gasteiger partial charge < -0.3 is 5.73 Å². The van der Waals surface area contributed by atoms with E-state index in [1.165, 1.54) is 0 Å². The summed E-state index contributed by atoms with van der Waals surface area (Å²) in [6, 6.07) is 3.85. The molecule has 1 unspecified atom stereocenters. The number of piperidine rings is 1. The van der Waals surface area contributed by atoms with E-state index in [0.29, 0.717) is 5.56 Å². The van der Waals surface area contributed by atoms with Gasteiger partial charge in [0.15, 0.2) is 0 Å². The topological polar surface area (TPSA) is 97.3 Å². The number of hydrogen-bond acceptors (Lipinski definition) is 5. The number of nitrogens with zero attached hydrogens (tertiary/aromatic N) is 2. The van der Waals surface area contributed by atoms with Crippen LogP contribution < -0.4 is 17.0 Å². The molecular formula is C12H19N5O. The Hall–Kier alpha value is -1.50. The maximum Gasteiger partial charge on any atom is 0.266 e. The summed E-state index contributed by atoms with van der Waals surface area (Å²) in [4.78, 5) is 17.8. The van der Waals surface area contributed by atoms with Crippen molar-refractivity contribution in [2.45, 2.75) is 25.4 Å². The van der Waals surface area contributed by atoms with Crippen LogP contribution in [0.5, 0.6) is 0 Å². The predicted molar refractivity (Wildman–Crippen MR) is 68.4 cm³/mol. The number of nitrogens with one attached hydrogen (secondary N) is 1. The molecule has 2 rings (SSSR count). The van der Waals surface area contributed by atoms with Gasteiger partial charge in [-0.25, -0.2) is 5.84 Å². The van der Waals surface area contributed by atoms with Crippen LogP contribution >= 0.6 is 0 Å². The van der Waals surface area contributed by atoms with E-state index in [2.05, 4.69) is 15.3 Å². The molecule has 2 heterocycles. The monoisotopic (exact) mass is 249 g/mol. The van der Waals surface area contributed by atoms with Crippen LogP contribution in [0.15, 0.2) is 18.3 Å². The van der Waals surface area contributed by atoms with E-state index >= 15 is 0 Å². The molecule has 0 saturated carbocycles. The zero-order valence-corrected chi connectivity index (χ0v) is 10.3. The molecule has 98 valence electrons. The molecule has 0 bridgehead atoms. The molecule has 0 spiro atoms. The van der Waals surface area contributed by atoms with Gasteiger partial charge in [0.1, 0.15) is 0 Å². The summed E-state index contributed by atoms with van der Waals surface area (Å²) in [7, 11) is 0. The Balaban J connectivity index is 1.95. The first kappa shape index (κ1) is 12.9. The Bertz CT molecular complexity index is 405. The van der Waals surface area contributed by atoms with Crippen LogP contribution in [0, 0.1) is 0 Å². The van der Waals surface area contributed by atoms with Crippen molar-refractivity contribution in [3.63, 3.8) is 0 Å². The summed E-state index contributed by atoms with van der Waals surface area (Å²) in [6.07, 6.45) is 3.77. The lowest BCUT2D eigenvalue weighted by atomic mass is 10.1. The largest absolute Gasteiger partial charge is 0.327 e. The van der Waals surface area contributed by atoms with Crippen LogP contribution in [0.1, 0.15) is 28.9 Å². The zero-order valence-electron chi connectivity index (χ0n) is 10.3. The fourth-order valence-electron chi connectivity index (χ4n) is 2.20. The van der Waals surface area contributed by atoms with Crippen LogP contribution in [0.3, 0.4) is 0 Å². The smallest absolute Gasteiger partial charge is 0.266 e. The Morgan fingerprint density at radius 3 is 3.00 bits per heavy atom. The van der Waals surface area contributed by atoms with E-state index < -0.39 is 0 Å². The molecule has 1 aromatic heterocycles. The number of carbonyl (C=O) groups is 1. The third kappa shape index (κ3) is 3.25. The van der Waals surface area contributed by atoms with Gasteiger partial charge in [0, 0.05) is 25.3 Å². The minimum Gasteiger partial charge on any atom is -0.327 e. The molecule has 0 radical (unpaired) electrons. The first-order valence-electron chi connectivity index (χ1n) is 6.13. The average Bonchev–Trinajstić information content (AvgIpc) is 2.39. The number of hydrogen-bond donors (Lipinski definition) is 3. The molecule has 0 aromatic carbocycles. The Morgan fingerprint density at radius 2 is 2.39 bits per heavy atom. The molecule has 5 N–H and O–H groups in total. The number of hydrazine groups is 1. The predicted octanol–water partition coefficient (Wildman–Crippen LogP) is -0.392. The number of carbonyl (C=O) groups excluding carboxylic acids is 1. The number of nitrogen functional groups attached to an aromatic ring is 1. The van der Waals surface area contributed by atoms with Crippen molar-refractivity contribution in [3.8, 4) is 0 Å². The standard InChI is InChI=1S/C12H19N5O/c13-10-2-1-5-17(7-10)8-11-4-3-9(6-15-11)12(18)16-14/h3-4,6,10H,1-2,5,7-8,13-14H2,(H,16,18). The van der Waals surface area contributed by atoms with Gasteiger partial charge in [0.05, 0.1) is 11.3 Å². The summed E-state index contributed by atoms with van der Waals surface area (Å²) in [5.74, 6) is 4.73. The van der Waals surface area contributed by atoms with Crippen molar-refractivity contribution < 1.29 is 4.79 Å². The van der Waals surface area contributed by atoms with Gasteiger partial charge in [-0.15, -0.1) is 0 Å². The van der Waals surface area contributed by atoms with E-state index in [4.69, 9.17) is 11.6 Å². The molecule has 0 aliphatic carbocycles. The first-order chi connectivity index (χ1) is 8.69. The van der Waals surface area contributed by atoms with Gasteiger partial charge >= 0.3 is 0 Å². The van der Waals surface area contributed by atoms with Crippen molar-refractivity contribution in [2.75, 3.05) is 13.1 Å². The quantitative estimate of drug-likeness (QED) is 0.385. The fourth-order valence-corrected chi connectivity index (χ4v) is 2.20. The number of aromatic nitrogens is 1. The second-order valence-electron chi connectivity index (χ2n) is 4.65. The third-order valence-corrected chi connectivity index (χ3v) is 3.15. The molecule has 1 aliphatic heterocycles. The number of rotatable bonds is 3. The van der Waals surface area contributed by atoms with Gasteiger partial charge in [-0.2, -0.15) is 0 Å². The molecule has 1 saturated heterocycles. The van der Waals surface area contributed by atoms with E-state index in [1.807, 2.05) is 6.07 Å². The van der Waals surface area contributed by atoms with E-state index in [9.17, 15) is 4.79 Å². The van der Waals surface area contributed by atoms with Crippen LogP contribution in [0.4, 0.5) is 0 Å². The van der Waals surface area contributed by atoms with Crippen LogP contribution in [-0.2, 0) is 6.54 Å². The highest BCUT2D eigenvalue weighted by molar-refractivity contribution is 5.93. The fraction of sp³-hybridized carbons (Fsp3) is 0.500. The van der Waals surface area contributed by atoms with E-state index in [1.54, 1.807) is 12.3 Å².